The highest BCUT2D eigenvalue weighted by Crippen LogP contribution is 2.14. The van der Waals surface area contributed by atoms with Crippen LogP contribution in [0.2, 0.25) is 0 Å². The number of nitrogens with zero attached hydrogens (tertiary/aromatic N) is 2. The number of aromatic nitrogens is 2. The van der Waals surface area contributed by atoms with Crippen molar-refractivity contribution in [3.63, 3.8) is 0 Å². The van der Waals surface area contributed by atoms with Gasteiger partial charge in [-0.3, -0.25) is 0 Å². The zero-order chi connectivity index (χ0) is 10.7. The van der Waals surface area contributed by atoms with Crippen LogP contribution in [-0.4, -0.2) is 27.1 Å². The van der Waals surface area contributed by atoms with Crippen LogP contribution in [-0.2, 0) is 0 Å². The maximum Gasteiger partial charge on any atom is 0.488 e. The topological polar surface area (TPSA) is 66.2 Å². The normalized spacial score (nSPS) is 10.0. The Balaban J connectivity index is 2.42. The minimum atomic E-state index is -1.45. The third kappa shape index (κ3) is 2.20. The summed E-state index contributed by atoms with van der Waals surface area (Å²) in [5.74, 6) is 0. The minimum Gasteiger partial charge on any atom is -0.423 e. The molecule has 0 saturated heterocycles. The van der Waals surface area contributed by atoms with Crippen molar-refractivity contribution in [2.45, 2.75) is 0 Å². The highest BCUT2D eigenvalue weighted by molar-refractivity contribution is 6.58. The molecule has 0 aliphatic carbocycles. The Labute approximate surface area is 87.4 Å². The average Bonchev–Trinajstić information content (AvgIpc) is 2.30. The number of rotatable bonds is 2. The van der Waals surface area contributed by atoms with E-state index >= 15 is 0 Å². The van der Waals surface area contributed by atoms with E-state index in [1.807, 2.05) is 6.07 Å². The van der Waals surface area contributed by atoms with Crippen LogP contribution in [0.1, 0.15) is 0 Å². The Morgan fingerprint density at radius 1 is 1.00 bits per heavy atom. The van der Waals surface area contributed by atoms with Crippen molar-refractivity contribution in [2.75, 3.05) is 0 Å². The van der Waals surface area contributed by atoms with Crippen LogP contribution < -0.4 is 5.46 Å². The molecule has 2 N–H and O–H groups in total. The molecule has 0 saturated carbocycles. The predicted molar refractivity (Wildman–Crippen MR) is 57.3 cm³/mol. The largest absolute Gasteiger partial charge is 0.488 e. The van der Waals surface area contributed by atoms with Crippen molar-refractivity contribution in [2.24, 2.45) is 0 Å². The Hall–Kier alpha value is -1.72. The smallest absolute Gasteiger partial charge is 0.423 e. The summed E-state index contributed by atoms with van der Waals surface area (Å²) in [6.45, 7) is 0. The van der Waals surface area contributed by atoms with E-state index in [2.05, 4.69) is 9.97 Å². The Morgan fingerprint density at radius 3 is 2.40 bits per heavy atom. The SMILES string of the molecule is OB(O)c1cccc(-c2cncnc2)c1. The van der Waals surface area contributed by atoms with Gasteiger partial charge in [-0.2, -0.15) is 0 Å². The van der Waals surface area contributed by atoms with Crippen LogP contribution >= 0.6 is 0 Å². The third-order valence-electron chi connectivity index (χ3n) is 2.08. The van der Waals surface area contributed by atoms with Gasteiger partial charge in [0.2, 0.25) is 0 Å². The molecule has 0 unspecified atom stereocenters. The molecule has 2 aromatic rings. The van der Waals surface area contributed by atoms with E-state index in [-0.39, 0.29) is 0 Å². The zero-order valence-electron chi connectivity index (χ0n) is 7.91. The summed E-state index contributed by atoms with van der Waals surface area (Å²) in [5.41, 5.74) is 2.16. The maximum atomic E-state index is 9.02. The van der Waals surface area contributed by atoms with Gasteiger partial charge < -0.3 is 10.0 Å². The molecule has 0 fully saturated rings. The number of hydrogen-bond acceptors (Lipinski definition) is 4. The van der Waals surface area contributed by atoms with Gasteiger partial charge in [-0.25, -0.2) is 9.97 Å². The van der Waals surface area contributed by atoms with E-state index in [0.29, 0.717) is 5.46 Å². The molecule has 1 aromatic carbocycles. The Kier molecular flexibility index (Phi) is 2.76. The number of hydrogen-bond donors (Lipinski definition) is 2. The van der Waals surface area contributed by atoms with E-state index in [1.165, 1.54) is 6.33 Å². The average molecular weight is 200 g/mol. The van der Waals surface area contributed by atoms with Gasteiger partial charge in [-0.15, -0.1) is 0 Å². The Morgan fingerprint density at radius 2 is 1.73 bits per heavy atom. The molecule has 74 valence electrons. The van der Waals surface area contributed by atoms with Crippen molar-refractivity contribution in [1.82, 2.24) is 9.97 Å². The quantitative estimate of drug-likeness (QED) is 0.660. The van der Waals surface area contributed by atoms with Crippen LogP contribution in [0.25, 0.3) is 11.1 Å². The number of benzene rings is 1. The second kappa shape index (κ2) is 4.21. The van der Waals surface area contributed by atoms with Crippen molar-refractivity contribution in [1.29, 1.82) is 0 Å². The molecule has 0 atom stereocenters. The van der Waals surface area contributed by atoms with Gasteiger partial charge in [-0.05, 0) is 11.0 Å². The lowest BCUT2D eigenvalue weighted by Gasteiger charge is -2.03. The van der Waals surface area contributed by atoms with Gasteiger partial charge in [0.05, 0.1) is 0 Å². The summed E-state index contributed by atoms with van der Waals surface area (Å²) in [4.78, 5) is 7.80. The van der Waals surface area contributed by atoms with Gasteiger partial charge in [0.1, 0.15) is 6.33 Å². The van der Waals surface area contributed by atoms with Crippen LogP contribution in [0.5, 0.6) is 0 Å². The fourth-order valence-electron chi connectivity index (χ4n) is 1.33. The standard InChI is InChI=1S/C10H9BN2O2/c14-11(15)10-3-1-2-8(4-10)9-5-12-7-13-6-9/h1-7,14-15H. The molecule has 0 spiro atoms. The molecule has 5 heteroatoms. The summed E-state index contributed by atoms with van der Waals surface area (Å²) in [7, 11) is -1.45. The first-order chi connectivity index (χ1) is 7.27. The van der Waals surface area contributed by atoms with E-state index < -0.39 is 7.12 Å². The van der Waals surface area contributed by atoms with Gasteiger partial charge in [0.25, 0.3) is 0 Å². The lowest BCUT2D eigenvalue weighted by Crippen LogP contribution is -2.29. The maximum absolute atomic E-state index is 9.02. The first-order valence-electron chi connectivity index (χ1n) is 4.49. The molecule has 1 aromatic heterocycles. The monoisotopic (exact) mass is 200 g/mol. The Bertz CT molecular complexity index is 448. The lowest BCUT2D eigenvalue weighted by atomic mass is 9.79. The molecular weight excluding hydrogens is 191 g/mol. The van der Waals surface area contributed by atoms with E-state index in [0.717, 1.165) is 11.1 Å². The van der Waals surface area contributed by atoms with Gasteiger partial charge >= 0.3 is 7.12 Å². The molecule has 0 aliphatic heterocycles. The second-order valence-electron chi connectivity index (χ2n) is 3.13. The minimum absolute atomic E-state index is 0.455. The molecule has 15 heavy (non-hydrogen) atoms. The highest BCUT2D eigenvalue weighted by atomic mass is 16.4. The molecule has 0 amide bonds. The first-order valence-corrected chi connectivity index (χ1v) is 4.49. The summed E-state index contributed by atoms with van der Waals surface area (Å²) in [6.07, 6.45) is 4.81. The van der Waals surface area contributed by atoms with Crippen molar-refractivity contribution < 1.29 is 10.0 Å². The zero-order valence-corrected chi connectivity index (χ0v) is 7.91. The van der Waals surface area contributed by atoms with E-state index in [9.17, 15) is 0 Å². The molecule has 0 bridgehead atoms. The first kappa shape index (κ1) is 9.83. The fraction of sp³-hybridized carbons (Fsp3) is 0. The predicted octanol–water partition coefficient (Wildman–Crippen LogP) is -0.177. The van der Waals surface area contributed by atoms with Gasteiger partial charge in [0, 0.05) is 18.0 Å². The lowest BCUT2D eigenvalue weighted by molar-refractivity contribution is 0.426. The van der Waals surface area contributed by atoms with Crippen molar-refractivity contribution in [3.8, 4) is 11.1 Å². The van der Waals surface area contributed by atoms with Crippen LogP contribution in [0.3, 0.4) is 0 Å². The summed E-state index contributed by atoms with van der Waals surface area (Å²) < 4.78 is 0. The second-order valence-corrected chi connectivity index (χ2v) is 3.13. The van der Waals surface area contributed by atoms with Crippen LogP contribution in [0.4, 0.5) is 0 Å². The van der Waals surface area contributed by atoms with Crippen molar-refractivity contribution in [3.05, 3.63) is 43.0 Å². The van der Waals surface area contributed by atoms with Crippen LogP contribution in [0.15, 0.2) is 43.0 Å². The molecule has 0 radical (unpaired) electrons. The molecular formula is C10H9BN2O2. The highest BCUT2D eigenvalue weighted by Gasteiger charge is 2.11. The van der Waals surface area contributed by atoms with Crippen LogP contribution in [0, 0.1) is 0 Å². The molecule has 4 nitrogen and oxygen atoms in total. The summed E-state index contributed by atoms with van der Waals surface area (Å²) in [5, 5.41) is 18.0. The molecule has 0 aliphatic rings. The fourth-order valence-corrected chi connectivity index (χ4v) is 1.33. The summed E-state index contributed by atoms with van der Waals surface area (Å²) >= 11 is 0. The third-order valence-corrected chi connectivity index (χ3v) is 2.08. The molecule has 2 rings (SSSR count). The van der Waals surface area contributed by atoms with E-state index in [4.69, 9.17) is 10.0 Å². The summed E-state index contributed by atoms with van der Waals surface area (Å²) in [6, 6.07) is 6.98. The van der Waals surface area contributed by atoms with Gasteiger partial charge in [0.15, 0.2) is 0 Å². The van der Waals surface area contributed by atoms with Gasteiger partial charge in [-0.1, -0.05) is 24.3 Å². The van der Waals surface area contributed by atoms with Crippen molar-refractivity contribution >= 4 is 12.6 Å². The van der Waals surface area contributed by atoms with E-state index in [1.54, 1.807) is 30.6 Å². The molecule has 1 heterocycles.